The van der Waals surface area contributed by atoms with Crippen molar-refractivity contribution in [1.82, 2.24) is 5.43 Å². The monoisotopic (exact) mass is 282 g/mol. The molecule has 1 unspecified atom stereocenters. The van der Waals surface area contributed by atoms with E-state index in [0.29, 0.717) is 10.6 Å². The Labute approximate surface area is 115 Å². The van der Waals surface area contributed by atoms with Crippen molar-refractivity contribution in [3.8, 4) is 0 Å². The van der Waals surface area contributed by atoms with Gasteiger partial charge in [0.25, 0.3) is 0 Å². The lowest BCUT2D eigenvalue weighted by atomic mass is 9.98. The topological polar surface area (TPSA) is 38.0 Å². The number of halogens is 3. The van der Waals surface area contributed by atoms with Gasteiger partial charge in [-0.25, -0.2) is 8.78 Å². The average molecular weight is 283 g/mol. The quantitative estimate of drug-likeness (QED) is 0.666. The summed E-state index contributed by atoms with van der Waals surface area (Å²) in [5, 5.41) is 0.502. The molecular weight excluding hydrogens is 270 g/mol. The summed E-state index contributed by atoms with van der Waals surface area (Å²) in [6.07, 6.45) is 0.0821. The van der Waals surface area contributed by atoms with Crippen LogP contribution in [0.15, 0.2) is 42.5 Å². The molecule has 0 fully saturated rings. The second kappa shape index (κ2) is 6.10. The van der Waals surface area contributed by atoms with Crippen LogP contribution >= 0.6 is 11.6 Å². The lowest BCUT2D eigenvalue weighted by Gasteiger charge is -2.18. The second-order valence-electron chi connectivity index (χ2n) is 4.15. The van der Waals surface area contributed by atoms with Crippen LogP contribution in [0.1, 0.15) is 17.2 Å². The predicted octanol–water partition coefficient (Wildman–Crippen LogP) is 3.37. The van der Waals surface area contributed by atoms with Crippen LogP contribution in [0.25, 0.3) is 0 Å². The molecule has 19 heavy (non-hydrogen) atoms. The molecule has 0 heterocycles. The molecule has 2 aromatic rings. The molecule has 0 aliphatic heterocycles. The van der Waals surface area contributed by atoms with Crippen LogP contribution in [0.4, 0.5) is 8.78 Å². The average Bonchev–Trinajstić information content (AvgIpc) is 2.40. The van der Waals surface area contributed by atoms with Gasteiger partial charge in [0.05, 0.1) is 6.04 Å². The van der Waals surface area contributed by atoms with Crippen LogP contribution in [-0.2, 0) is 6.42 Å². The number of benzene rings is 2. The van der Waals surface area contributed by atoms with Crippen LogP contribution < -0.4 is 11.3 Å². The molecule has 0 spiro atoms. The van der Waals surface area contributed by atoms with E-state index in [1.54, 1.807) is 24.3 Å². The molecule has 0 saturated heterocycles. The highest BCUT2D eigenvalue weighted by Crippen LogP contribution is 2.26. The normalized spacial score (nSPS) is 12.4. The molecule has 0 saturated carbocycles. The van der Waals surface area contributed by atoms with E-state index in [0.717, 1.165) is 0 Å². The maximum Gasteiger partial charge on any atom is 0.129 e. The van der Waals surface area contributed by atoms with E-state index in [4.69, 9.17) is 17.4 Å². The fourth-order valence-electron chi connectivity index (χ4n) is 1.95. The van der Waals surface area contributed by atoms with Crippen LogP contribution in [0, 0.1) is 11.6 Å². The second-order valence-corrected chi connectivity index (χ2v) is 4.55. The minimum Gasteiger partial charge on any atom is -0.271 e. The van der Waals surface area contributed by atoms with Crippen molar-refractivity contribution >= 4 is 11.6 Å². The van der Waals surface area contributed by atoms with Gasteiger partial charge in [-0.15, -0.1) is 0 Å². The fourth-order valence-corrected chi connectivity index (χ4v) is 2.22. The molecular formula is C14H13ClF2N2. The van der Waals surface area contributed by atoms with Gasteiger partial charge in [0.1, 0.15) is 11.6 Å². The maximum absolute atomic E-state index is 13.6. The molecule has 2 rings (SSSR count). The van der Waals surface area contributed by atoms with E-state index in [1.807, 2.05) is 0 Å². The van der Waals surface area contributed by atoms with Crippen molar-refractivity contribution in [2.45, 2.75) is 12.5 Å². The minimum absolute atomic E-state index is 0.00892. The zero-order chi connectivity index (χ0) is 13.8. The third-order valence-corrected chi connectivity index (χ3v) is 3.30. The van der Waals surface area contributed by atoms with Gasteiger partial charge >= 0.3 is 0 Å². The number of hydrogen-bond acceptors (Lipinski definition) is 2. The Morgan fingerprint density at radius 1 is 1.05 bits per heavy atom. The number of hydrazine groups is 1. The van der Waals surface area contributed by atoms with Gasteiger partial charge in [-0.3, -0.25) is 11.3 Å². The lowest BCUT2D eigenvalue weighted by Crippen LogP contribution is -2.30. The number of hydrogen-bond donors (Lipinski definition) is 2. The standard InChI is InChI=1S/C14H13ClF2N2/c15-11-5-2-1-4-9(11)14(19-18)8-10-12(16)6-3-7-13(10)17/h1-7,14,19H,8,18H2. The van der Waals surface area contributed by atoms with Gasteiger partial charge in [0, 0.05) is 10.6 Å². The molecule has 0 aromatic heterocycles. The molecule has 0 radical (unpaired) electrons. The summed E-state index contributed by atoms with van der Waals surface area (Å²) in [5.74, 6) is 4.29. The Morgan fingerprint density at radius 2 is 1.68 bits per heavy atom. The molecule has 0 aliphatic rings. The Hall–Kier alpha value is -1.49. The number of nitrogens with one attached hydrogen (secondary N) is 1. The third kappa shape index (κ3) is 3.10. The van der Waals surface area contributed by atoms with Gasteiger partial charge in [-0.1, -0.05) is 35.9 Å². The van der Waals surface area contributed by atoms with Crippen molar-refractivity contribution in [3.63, 3.8) is 0 Å². The Kier molecular flexibility index (Phi) is 4.47. The number of nitrogens with two attached hydrogens (primary N) is 1. The summed E-state index contributed by atoms with van der Waals surface area (Å²) in [7, 11) is 0. The first-order valence-electron chi connectivity index (χ1n) is 5.77. The zero-order valence-electron chi connectivity index (χ0n) is 10.0. The Balaban J connectivity index is 2.32. The summed E-state index contributed by atoms with van der Waals surface area (Å²) in [6.45, 7) is 0. The van der Waals surface area contributed by atoms with E-state index in [9.17, 15) is 8.78 Å². The van der Waals surface area contributed by atoms with Gasteiger partial charge in [0.15, 0.2) is 0 Å². The molecule has 2 nitrogen and oxygen atoms in total. The Morgan fingerprint density at radius 3 is 2.26 bits per heavy atom. The molecule has 100 valence electrons. The van der Waals surface area contributed by atoms with Crippen molar-refractivity contribution in [2.75, 3.05) is 0 Å². The maximum atomic E-state index is 13.6. The summed E-state index contributed by atoms with van der Waals surface area (Å²) in [4.78, 5) is 0. The van der Waals surface area contributed by atoms with E-state index >= 15 is 0 Å². The van der Waals surface area contributed by atoms with Crippen LogP contribution in [0.3, 0.4) is 0 Å². The van der Waals surface area contributed by atoms with Crippen molar-refractivity contribution in [3.05, 3.63) is 70.2 Å². The van der Waals surface area contributed by atoms with E-state index in [1.165, 1.54) is 18.2 Å². The fraction of sp³-hybridized carbons (Fsp3) is 0.143. The predicted molar refractivity (Wildman–Crippen MR) is 71.6 cm³/mol. The highest BCUT2D eigenvalue weighted by atomic mass is 35.5. The SMILES string of the molecule is NNC(Cc1c(F)cccc1F)c1ccccc1Cl. The first-order valence-corrected chi connectivity index (χ1v) is 6.14. The lowest BCUT2D eigenvalue weighted by molar-refractivity contribution is 0.500. The Bertz CT molecular complexity index is 555. The van der Waals surface area contributed by atoms with Crippen LogP contribution in [-0.4, -0.2) is 0 Å². The molecule has 0 bridgehead atoms. The highest BCUT2D eigenvalue weighted by Gasteiger charge is 2.18. The van der Waals surface area contributed by atoms with Crippen molar-refractivity contribution < 1.29 is 8.78 Å². The minimum atomic E-state index is -0.590. The molecule has 2 aromatic carbocycles. The van der Waals surface area contributed by atoms with Crippen LogP contribution in [0.5, 0.6) is 0 Å². The van der Waals surface area contributed by atoms with E-state index in [2.05, 4.69) is 5.43 Å². The molecule has 0 aliphatic carbocycles. The smallest absolute Gasteiger partial charge is 0.129 e. The molecule has 0 amide bonds. The molecule has 5 heteroatoms. The van der Waals surface area contributed by atoms with Crippen molar-refractivity contribution in [2.24, 2.45) is 5.84 Å². The van der Waals surface area contributed by atoms with Gasteiger partial charge in [0.2, 0.25) is 0 Å². The first-order chi connectivity index (χ1) is 9.13. The summed E-state index contributed by atoms with van der Waals surface area (Å²) in [5.41, 5.74) is 3.24. The first kappa shape index (κ1) is 13.9. The molecule has 1 atom stereocenters. The van der Waals surface area contributed by atoms with Gasteiger partial charge < -0.3 is 0 Å². The molecule has 3 N–H and O–H groups in total. The van der Waals surface area contributed by atoms with Crippen LogP contribution in [0.2, 0.25) is 5.02 Å². The van der Waals surface area contributed by atoms with E-state index < -0.39 is 17.7 Å². The largest absolute Gasteiger partial charge is 0.271 e. The zero-order valence-corrected chi connectivity index (χ0v) is 10.8. The van der Waals surface area contributed by atoms with E-state index in [-0.39, 0.29) is 12.0 Å². The number of rotatable bonds is 4. The van der Waals surface area contributed by atoms with Gasteiger partial charge in [-0.2, -0.15) is 0 Å². The van der Waals surface area contributed by atoms with Crippen molar-refractivity contribution in [1.29, 1.82) is 0 Å². The summed E-state index contributed by atoms with van der Waals surface area (Å²) < 4.78 is 27.2. The third-order valence-electron chi connectivity index (χ3n) is 2.95. The van der Waals surface area contributed by atoms with Gasteiger partial charge in [-0.05, 0) is 30.2 Å². The summed E-state index contributed by atoms with van der Waals surface area (Å²) >= 11 is 6.06. The summed E-state index contributed by atoms with van der Waals surface area (Å²) in [6, 6.07) is 10.4. The highest BCUT2D eigenvalue weighted by molar-refractivity contribution is 6.31.